The molecule has 1 aromatic rings. The highest BCUT2D eigenvalue weighted by Gasteiger charge is 2.04. The lowest BCUT2D eigenvalue weighted by atomic mass is 10.2. The van der Waals surface area contributed by atoms with E-state index < -0.39 is 0 Å². The number of rotatable bonds is 4. The van der Waals surface area contributed by atoms with Crippen molar-refractivity contribution in [3.63, 3.8) is 0 Å². The van der Waals surface area contributed by atoms with Crippen molar-refractivity contribution in [3.05, 3.63) is 35.9 Å². The summed E-state index contributed by atoms with van der Waals surface area (Å²) in [5.41, 5.74) is 1.10. The zero-order valence-electron chi connectivity index (χ0n) is 8.64. The summed E-state index contributed by atoms with van der Waals surface area (Å²) in [6.07, 6.45) is 0. The van der Waals surface area contributed by atoms with Crippen molar-refractivity contribution < 1.29 is 4.79 Å². The summed E-state index contributed by atoms with van der Waals surface area (Å²) >= 11 is 0. The Morgan fingerprint density at radius 2 is 2.00 bits per heavy atom. The van der Waals surface area contributed by atoms with E-state index in [4.69, 9.17) is 5.84 Å². The molecule has 0 saturated carbocycles. The molecule has 1 aromatic carbocycles. The van der Waals surface area contributed by atoms with Crippen molar-refractivity contribution in [1.29, 1.82) is 0 Å². The Hall–Kier alpha value is -1.10. The molecule has 0 saturated heterocycles. The average molecular weight is 230 g/mol. The van der Waals surface area contributed by atoms with Crippen LogP contribution >= 0.6 is 12.4 Å². The van der Waals surface area contributed by atoms with Crippen LogP contribution in [0.2, 0.25) is 0 Å². The van der Waals surface area contributed by atoms with Crippen LogP contribution in [0.25, 0.3) is 0 Å². The van der Waals surface area contributed by atoms with Gasteiger partial charge in [-0.1, -0.05) is 30.3 Å². The van der Waals surface area contributed by atoms with Crippen molar-refractivity contribution in [2.24, 2.45) is 5.84 Å². The zero-order chi connectivity index (χ0) is 10.4. The van der Waals surface area contributed by atoms with Crippen molar-refractivity contribution in [1.82, 2.24) is 10.3 Å². The van der Waals surface area contributed by atoms with Crippen LogP contribution in [0.3, 0.4) is 0 Å². The number of carbonyl (C=O) groups excluding carboxylic acids is 1. The summed E-state index contributed by atoms with van der Waals surface area (Å²) < 4.78 is 0. The van der Waals surface area contributed by atoms with Crippen LogP contribution in [0.15, 0.2) is 30.3 Å². The van der Waals surface area contributed by atoms with Crippen LogP contribution in [0.4, 0.5) is 0 Å². The van der Waals surface area contributed by atoms with E-state index >= 15 is 0 Å². The zero-order valence-corrected chi connectivity index (χ0v) is 9.46. The maximum atomic E-state index is 11.0. The monoisotopic (exact) mass is 229 g/mol. The van der Waals surface area contributed by atoms with Gasteiger partial charge in [-0.15, -0.1) is 12.4 Å². The summed E-state index contributed by atoms with van der Waals surface area (Å²) in [4.78, 5) is 11.0. The van der Waals surface area contributed by atoms with Gasteiger partial charge in [-0.25, -0.2) is 5.01 Å². The number of halogens is 1. The molecule has 15 heavy (non-hydrogen) atoms. The molecule has 0 bridgehead atoms. The molecular formula is C10H16ClN3O. The molecule has 5 heteroatoms. The maximum Gasteiger partial charge on any atom is 0.235 e. The first kappa shape index (κ1) is 13.9. The summed E-state index contributed by atoms with van der Waals surface area (Å²) in [6, 6.07) is 9.79. The van der Waals surface area contributed by atoms with Crippen LogP contribution in [-0.4, -0.2) is 24.5 Å². The van der Waals surface area contributed by atoms with Crippen molar-refractivity contribution >= 4 is 18.3 Å². The molecule has 0 aliphatic rings. The lowest BCUT2D eigenvalue weighted by molar-refractivity contribution is -0.121. The Labute approximate surface area is 95.8 Å². The quantitative estimate of drug-likeness (QED) is 0.585. The van der Waals surface area contributed by atoms with Gasteiger partial charge >= 0.3 is 0 Å². The van der Waals surface area contributed by atoms with Gasteiger partial charge in [0.2, 0.25) is 5.91 Å². The van der Waals surface area contributed by atoms with Gasteiger partial charge in [-0.3, -0.25) is 10.6 Å². The standard InChI is InChI=1S/C10H15N3O.ClH/c1-12-10(14)8-13(11)7-9-5-3-2-4-6-9;/h2-6H,7-8,11H2,1H3,(H,12,14);1H. The molecule has 0 atom stereocenters. The Bertz CT molecular complexity index is 292. The third-order valence-corrected chi connectivity index (χ3v) is 1.85. The topological polar surface area (TPSA) is 58.4 Å². The van der Waals surface area contributed by atoms with E-state index in [2.05, 4.69) is 5.32 Å². The average Bonchev–Trinajstić information content (AvgIpc) is 2.19. The number of benzene rings is 1. The highest BCUT2D eigenvalue weighted by atomic mass is 35.5. The predicted molar refractivity (Wildman–Crippen MR) is 62.4 cm³/mol. The lowest BCUT2D eigenvalue weighted by Crippen LogP contribution is -2.39. The molecule has 0 unspecified atom stereocenters. The van der Waals surface area contributed by atoms with Gasteiger partial charge in [-0.05, 0) is 5.56 Å². The van der Waals surface area contributed by atoms with Crippen LogP contribution < -0.4 is 11.2 Å². The first-order valence-corrected chi connectivity index (χ1v) is 4.46. The fourth-order valence-electron chi connectivity index (χ4n) is 1.14. The van der Waals surface area contributed by atoms with Crippen LogP contribution in [-0.2, 0) is 11.3 Å². The normalized spacial score (nSPS) is 9.53. The van der Waals surface area contributed by atoms with E-state index in [0.29, 0.717) is 6.54 Å². The molecule has 0 heterocycles. The van der Waals surface area contributed by atoms with Crippen LogP contribution in [0, 0.1) is 0 Å². The molecule has 0 aliphatic carbocycles. The highest BCUT2D eigenvalue weighted by Crippen LogP contribution is 2.00. The fraction of sp³-hybridized carbons (Fsp3) is 0.300. The minimum atomic E-state index is -0.0802. The van der Waals surface area contributed by atoms with Gasteiger partial charge in [-0.2, -0.15) is 0 Å². The van der Waals surface area contributed by atoms with Gasteiger partial charge in [0.25, 0.3) is 0 Å². The summed E-state index contributed by atoms with van der Waals surface area (Å²) in [5.74, 6) is 5.57. The van der Waals surface area contributed by atoms with E-state index in [-0.39, 0.29) is 24.9 Å². The Kier molecular flexibility index (Phi) is 6.70. The molecule has 3 N–H and O–H groups in total. The number of carbonyl (C=O) groups is 1. The van der Waals surface area contributed by atoms with Gasteiger partial charge in [0.15, 0.2) is 0 Å². The molecular weight excluding hydrogens is 214 g/mol. The molecule has 0 radical (unpaired) electrons. The SMILES string of the molecule is CNC(=O)CN(N)Cc1ccccc1.Cl. The lowest BCUT2D eigenvalue weighted by Gasteiger charge is -2.14. The second-order valence-electron chi connectivity index (χ2n) is 3.06. The van der Waals surface area contributed by atoms with Crippen LogP contribution in [0.1, 0.15) is 5.56 Å². The highest BCUT2D eigenvalue weighted by molar-refractivity contribution is 5.85. The second kappa shape index (κ2) is 7.23. The van der Waals surface area contributed by atoms with E-state index in [1.54, 1.807) is 7.05 Å². The van der Waals surface area contributed by atoms with Crippen molar-refractivity contribution in [3.8, 4) is 0 Å². The summed E-state index contributed by atoms with van der Waals surface area (Å²) in [6.45, 7) is 0.791. The molecule has 4 nitrogen and oxygen atoms in total. The van der Waals surface area contributed by atoms with E-state index in [9.17, 15) is 4.79 Å². The van der Waals surface area contributed by atoms with Gasteiger partial charge in [0.1, 0.15) is 0 Å². The first-order valence-electron chi connectivity index (χ1n) is 4.46. The largest absolute Gasteiger partial charge is 0.358 e. The minimum Gasteiger partial charge on any atom is -0.358 e. The number of hydrazine groups is 1. The van der Waals surface area contributed by atoms with E-state index in [1.807, 2.05) is 30.3 Å². The molecule has 0 fully saturated rings. The molecule has 84 valence electrons. The number of nitrogens with zero attached hydrogens (tertiary/aromatic N) is 1. The number of hydrogen-bond donors (Lipinski definition) is 2. The Morgan fingerprint density at radius 1 is 1.40 bits per heavy atom. The van der Waals surface area contributed by atoms with E-state index in [0.717, 1.165) is 5.56 Å². The molecule has 0 spiro atoms. The molecule has 0 aromatic heterocycles. The fourth-order valence-corrected chi connectivity index (χ4v) is 1.14. The number of nitrogens with one attached hydrogen (secondary N) is 1. The molecule has 1 rings (SSSR count). The van der Waals surface area contributed by atoms with Gasteiger partial charge in [0.05, 0.1) is 6.54 Å². The Morgan fingerprint density at radius 3 is 2.53 bits per heavy atom. The minimum absolute atomic E-state index is 0. The van der Waals surface area contributed by atoms with E-state index in [1.165, 1.54) is 5.01 Å². The molecule has 0 aliphatic heterocycles. The third kappa shape index (κ3) is 5.37. The Balaban J connectivity index is 0.00000196. The van der Waals surface area contributed by atoms with Crippen molar-refractivity contribution in [2.75, 3.05) is 13.6 Å². The summed E-state index contributed by atoms with van der Waals surface area (Å²) in [7, 11) is 1.60. The third-order valence-electron chi connectivity index (χ3n) is 1.85. The summed E-state index contributed by atoms with van der Waals surface area (Å²) in [5, 5.41) is 4.00. The van der Waals surface area contributed by atoms with Gasteiger partial charge < -0.3 is 5.32 Å². The number of amides is 1. The van der Waals surface area contributed by atoms with Crippen LogP contribution in [0.5, 0.6) is 0 Å². The number of likely N-dealkylation sites (N-methyl/N-ethyl adjacent to an activating group) is 1. The number of hydrogen-bond acceptors (Lipinski definition) is 3. The second-order valence-corrected chi connectivity index (χ2v) is 3.06. The smallest absolute Gasteiger partial charge is 0.235 e. The van der Waals surface area contributed by atoms with Crippen molar-refractivity contribution in [2.45, 2.75) is 6.54 Å². The van der Waals surface area contributed by atoms with Gasteiger partial charge in [0, 0.05) is 13.6 Å². The maximum absolute atomic E-state index is 11.0. The molecule has 1 amide bonds. The predicted octanol–water partition coefficient (Wildman–Crippen LogP) is 0.530. The first-order chi connectivity index (χ1) is 6.72. The number of nitrogens with two attached hydrogens (primary N) is 1.